The Morgan fingerprint density at radius 3 is 2.35 bits per heavy atom. The van der Waals surface area contributed by atoms with Crippen LogP contribution in [-0.2, 0) is 11.2 Å². The first-order chi connectivity index (χ1) is 10.7. The molecule has 7 heteroatoms. The van der Waals surface area contributed by atoms with Crippen LogP contribution in [0, 0.1) is 5.92 Å². The highest BCUT2D eigenvalue weighted by molar-refractivity contribution is 5.78. The normalized spacial score (nSPS) is 17.9. The molecule has 1 fully saturated rings. The van der Waals surface area contributed by atoms with Gasteiger partial charge in [0.05, 0.1) is 6.42 Å². The fourth-order valence-corrected chi connectivity index (χ4v) is 2.77. The maximum absolute atomic E-state index is 12.2. The molecule has 0 bridgehead atoms. The van der Waals surface area contributed by atoms with Crippen molar-refractivity contribution in [3.63, 3.8) is 0 Å². The molecule has 2 rings (SSSR count). The van der Waals surface area contributed by atoms with E-state index < -0.39 is 6.36 Å². The molecule has 1 heterocycles. The van der Waals surface area contributed by atoms with Gasteiger partial charge in [-0.15, -0.1) is 13.2 Å². The molecule has 0 radical (unpaired) electrons. The Bertz CT molecular complexity index is 521. The summed E-state index contributed by atoms with van der Waals surface area (Å²) in [6.45, 7) is 3.34. The van der Waals surface area contributed by atoms with Gasteiger partial charge in [-0.05, 0) is 43.4 Å². The van der Waals surface area contributed by atoms with Crippen molar-refractivity contribution < 1.29 is 22.7 Å². The number of ether oxygens (including phenoxy) is 1. The van der Waals surface area contributed by atoms with E-state index in [-0.39, 0.29) is 24.1 Å². The van der Waals surface area contributed by atoms with Crippen molar-refractivity contribution in [3.8, 4) is 5.75 Å². The molecule has 2 N–H and O–H groups in total. The van der Waals surface area contributed by atoms with Gasteiger partial charge in [0.25, 0.3) is 0 Å². The van der Waals surface area contributed by atoms with Crippen LogP contribution in [0.4, 0.5) is 13.2 Å². The van der Waals surface area contributed by atoms with Crippen molar-refractivity contribution >= 4 is 5.91 Å². The van der Waals surface area contributed by atoms with Gasteiger partial charge in [0.15, 0.2) is 0 Å². The lowest BCUT2D eigenvalue weighted by molar-refractivity contribution is -0.274. The average molecular weight is 330 g/mol. The van der Waals surface area contributed by atoms with Crippen LogP contribution in [0.2, 0.25) is 0 Å². The van der Waals surface area contributed by atoms with Gasteiger partial charge in [0.1, 0.15) is 5.75 Å². The van der Waals surface area contributed by atoms with E-state index in [1.807, 2.05) is 6.92 Å². The summed E-state index contributed by atoms with van der Waals surface area (Å²) in [5.74, 6) is 0.141. The molecule has 4 nitrogen and oxygen atoms in total. The van der Waals surface area contributed by atoms with E-state index >= 15 is 0 Å². The van der Waals surface area contributed by atoms with Gasteiger partial charge in [-0.3, -0.25) is 4.79 Å². The van der Waals surface area contributed by atoms with E-state index in [0.29, 0.717) is 24.6 Å². The number of halogens is 3. The minimum Gasteiger partial charge on any atom is -0.406 e. The smallest absolute Gasteiger partial charge is 0.406 e. The second-order valence-corrected chi connectivity index (χ2v) is 5.95. The van der Waals surface area contributed by atoms with E-state index in [1.54, 1.807) is 4.90 Å². The van der Waals surface area contributed by atoms with Crippen molar-refractivity contribution in [1.29, 1.82) is 0 Å². The van der Waals surface area contributed by atoms with Gasteiger partial charge < -0.3 is 15.4 Å². The summed E-state index contributed by atoms with van der Waals surface area (Å²) in [5, 5.41) is 0. The summed E-state index contributed by atoms with van der Waals surface area (Å²) in [6, 6.07) is 5.53. The molecular formula is C16H21F3N2O2. The van der Waals surface area contributed by atoms with Crippen molar-refractivity contribution in [2.24, 2.45) is 11.7 Å². The molecule has 0 saturated carbocycles. The van der Waals surface area contributed by atoms with Gasteiger partial charge in [-0.25, -0.2) is 0 Å². The minimum absolute atomic E-state index is 0.0161. The number of rotatable bonds is 4. The Morgan fingerprint density at radius 2 is 1.87 bits per heavy atom. The van der Waals surface area contributed by atoms with Crippen LogP contribution in [0.5, 0.6) is 5.75 Å². The standard InChI is InChI=1S/C16H21F3N2O2/c1-11(20)13-6-8-21(9-7-13)15(22)10-12-2-4-14(5-3-12)23-16(17,18)19/h2-5,11,13H,6-10,20H2,1H3. The van der Waals surface area contributed by atoms with Crippen LogP contribution < -0.4 is 10.5 Å². The molecule has 0 aliphatic carbocycles. The minimum atomic E-state index is -4.71. The lowest BCUT2D eigenvalue weighted by Crippen LogP contribution is -2.43. The summed E-state index contributed by atoms with van der Waals surface area (Å²) in [5.41, 5.74) is 6.54. The fraction of sp³-hybridized carbons (Fsp3) is 0.562. The van der Waals surface area contributed by atoms with Crippen LogP contribution in [0.15, 0.2) is 24.3 Å². The van der Waals surface area contributed by atoms with E-state index in [1.165, 1.54) is 24.3 Å². The van der Waals surface area contributed by atoms with Gasteiger partial charge in [0.2, 0.25) is 5.91 Å². The molecule has 1 aliphatic heterocycles. The van der Waals surface area contributed by atoms with Crippen LogP contribution in [0.1, 0.15) is 25.3 Å². The number of hydrogen-bond acceptors (Lipinski definition) is 3. The zero-order valence-electron chi connectivity index (χ0n) is 13.0. The molecule has 0 aromatic heterocycles. The van der Waals surface area contributed by atoms with E-state index in [0.717, 1.165) is 12.8 Å². The van der Waals surface area contributed by atoms with Crippen molar-refractivity contribution in [2.75, 3.05) is 13.1 Å². The zero-order valence-corrected chi connectivity index (χ0v) is 13.0. The Labute approximate surface area is 133 Å². The lowest BCUT2D eigenvalue weighted by Gasteiger charge is -2.33. The topological polar surface area (TPSA) is 55.6 Å². The lowest BCUT2D eigenvalue weighted by atomic mass is 9.91. The van der Waals surface area contributed by atoms with E-state index in [4.69, 9.17) is 5.73 Å². The number of nitrogens with zero attached hydrogens (tertiary/aromatic N) is 1. The molecule has 1 aromatic carbocycles. The predicted molar refractivity (Wildman–Crippen MR) is 79.8 cm³/mol. The van der Waals surface area contributed by atoms with E-state index in [9.17, 15) is 18.0 Å². The Balaban J connectivity index is 1.86. The summed E-state index contributed by atoms with van der Waals surface area (Å²) in [4.78, 5) is 14.0. The van der Waals surface area contributed by atoms with E-state index in [2.05, 4.69) is 4.74 Å². The fourth-order valence-electron chi connectivity index (χ4n) is 2.77. The Morgan fingerprint density at radius 1 is 1.30 bits per heavy atom. The Hall–Kier alpha value is -1.76. The summed E-state index contributed by atoms with van der Waals surface area (Å²) < 4.78 is 40.1. The average Bonchev–Trinajstić information content (AvgIpc) is 2.48. The first kappa shape index (κ1) is 17.6. The number of carbonyl (C=O) groups excluding carboxylic acids is 1. The maximum atomic E-state index is 12.2. The monoisotopic (exact) mass is 330 g/mol. The van der Waals surface area contributed by atoms with Crippen molar-refractivity contribution in [3.05, 3.63) is 29.8 Å². The molecule has 1 amide bonds. The number of amides is 1. The number of carbonyl (C=O) groups is 1. The second kappa shape index (κ2) is 7.21. The van der Waals surface area contributed by atoms with Crippen molar-refractivity contribution in [1.82, 2.24) is 4.90 Å². The van der Waals surface area contributed by atoms with Gasteiger partial charge in [0, 0.05) is 19.1 Å². The number of benzene rings is 1. The summed E-state index contributed by atoms with van der Waals surface area (Å²) in [6.07, 6.45) is -2.75. The third kappa shape index (κ3) is 5.42. The zero-order chi connectivity index (χ0) is 17.0. The molecule has 23 heavy (non-hydrogen) atoms. The number of alkyl halides is 3. The SMILES string of the molecule is CC(N)C1CCN(C(=O)Cc2ccc(OC(F)(F)F)cc2)CC1. The molecule has 1 aliphatic rings. The first-order valence-electron chi connectivity index (χ1n) is 7.62. The molecule has 1 aromatic rings. The number of hydrogen-bond donors (Lipinski definition) is 1. The van der Waals surface area contributed by atoms with Gasteiger partial charge >= 0.3 is 6.36 Å². The largest absolute Gasteiger partial charge is 0.573 e. The van der Waals surface area contributed by atoms with Crippen LogP contribution >= 0.6 is 0 Å². The highest BCUT2D eigenvalue weighted by Crippen LogP contribution is 2.23. The molecular weight excluding hydrogens is 309 g/mol. The number of likely N-dealkylation sites (tertiary alicyclic amines) is 1. The van der Waals surface area contributed by atoms with Crippen LogP contribution in [-0.4, -0.2) is 36.3 Å². The van der Waals surface area contributed by atoms with Crippen LogP contribution in [0.3, 0.4) is 0 Å². The van der Waals surface area contributed by atoms with Crippen molar-refractivity contribution in [2.45, 2.75) is 38.6 Å². The first-order valence-corrected chi connectivity index (χ1v) is 7.62. The third-order valence-corrected chi connectivity index (χ3v) is 4.15. The molecule has 1 saturated heterocycles. The summed E-state index contributed by atoms with van der Waals surface area (Å²) >= 11 is 0. The number of piperidine rings is 1. The summed E-state index contributed by atoms with van der Waals surface area (Å²) in [7, 11) is 0. The highest BCUT2D eigenvalue weighted by atomic mass is 19.4. The third-order valence-electron chi connectivity index (χ3n) is 4.15. The quantitative estimate of drug-likeness (QED) is 0.923. The maximum Gasteiger partial charge on any atom is 0.573 e. The molecule has 1 unspecified atom stereocenters. The van der Waals surface area contributed by atoms with Gasteiger partial charge in [-0.1, -0.05) is 12.1 Å². The van der Waals surface area contributed by atoms with Gasteiger partial charge in [-0.2, -0.15) is 0 Å². The molecule has 1 atom stereocenters. The second-order valence-electron chi connectivity index (χ2n) is 5.95. The molecule has 0 spiro atoms. The highest BCUT2D eigenvalue weighted by Gasteiger charge is 2.31. The molecule has 128 valence electrons. The Kier molecular flexibility index (Phi) is 5.51. The predicted octanol–water partition coefficient (Wildman–Crippen LogP) is 2.71. The number of nitrogens with two attached hydrogens (primary N) is 1. The van der Waals surface area contributed by atoms with Crippen LogP contribution in [0.25, 0.3) is 0 Å².